The van der Waals surface area contributed by atoms with E-state index in [0.717, 1.165) is 19.3 Å². The van der Waals surface area contributed by atoms with E-state index in [-0.39, 0.29) is 5.41 Å². The topological polar surface area (TPSA) is 3.88 Å². The highest BCUT2D eigenvalue weighted by atomic mass is 32.2. The number of fused-ring (bicyclic) bond motifs is 5. The van der Waals surface area contributed by atoms with E-state index >= 15 is 0 Å². The van der Waals surface area contributed by atoms with Crippen LogP contribution in [0.25, 0.3) is 43.6 Å². The quantitative estimate of drug-likeness (QED) is 0.154. The van der Waals surface area contributed by atoms with Crippen LogP contribution in [-0.2, 0) is 26.3 Å². The summed E-state index contributed by atoms with van der Waals surface area (Å²) in [6.07, 6.45) is 5.59. The van der Waals surface area contributed by atoms with Gasteiger partial charge >= 0.3 is 0 Å². The molecule has 0 N–H and O–H groups in total. The van der Waals surface area contributed by atoms with Gasteiger partial charge in [0.15, 0.2) is 6.20 Å². The third kappa shape index (κ3) is 4.73. The van der Waals surface area contributed by atoms with Gasteiger partial charge in [0.2, 0.25) is 5.69 Å². The molecule has 6 rings (SSSR count). The standard InChI is InChI=1S/C38H44NS/c1-22(2)16-25-11-13-28-30(18-25)24(5)34-36-35-29(14-15-39(36)9)31-19-26(21-38(6,7)8)10-12-27(31)20-33(35)40-37(34)32(28)17-23(3)4/h10-15,18-20,22-23H,16-17,21H2,1-9H3/q+1. The predicted molar refractivity (Wildman–Crippen MR) is 175 cm³/mol. The van der Waals surface area contributed by atoms with Gasteiger partial charge in [-0.05, 0) is 93.3 Å². The number of benzene rings is 4. The predicted octanol–water partition coefficient (Wildman–Crippen LogP) is 10.4. The second kappa shape index (κ2) is 9.91. The van der Waals surface area contributed by atoms with Crippen LogP contribution in [0.1, 0.15) is 70.7 Å². The lowest BCUT2D eigenvalue weighted by Crippen LogP contribution is -2.32. The Morgan fingerprint density at radius 1 is 0.775 bits per heavy atom. The fourth-order valence-corrected chi connectivity index (χ4v) is 8.24. The number of rotatable bonds is 5. The number of hydrogen-bond acceptors (Lipinski definition) is 1. The van der Waals surface area contributed by atoms with Crippen molar-refractivity contribution in [1.29, 1.82) is 0 Å². The molecule has 0 fully saturated rings. The summed E-state index contributed by atoms with van der Waals surface area (Å²) in [5.74, 6) is 1.24. The molecule has 0 radical (unpaired) electrons. The third-order valence-corrected chi connectivity index (χ3v) is 9.59. The number of aromatic nitrogens is 1. The van der Waals surface area contributed by atoms with Gasteiger partial charge in [-0.25, -0.2) is 4.57 Å². The molecule has 0 spiro atoms. The number of aryl methyl sites for hydroxylation is 2. The van der Waals surface area contributed by atoms with Gasteiger partial charge < -0.3 is 0 Å². The maximum absolute atomic E-state index is 2.49. The van der Waals surface area contributed by atoms with E-state index in [9.17, 15) is 0 Å². The molecule has 5 aromatic rings. The number of pyridine rings is 1. The van der Waals surface area contributed by atoms with E-state index in [1.807, 2.05) is 11.8 Å². The third-order valence-electron chi connectivity index (χ3n) is 8.39. The fraction of sp³-hybridized carbons (Fsp3) is 0.395. The normalized spacial score (nSPS) is 13.3. The average Bonchev–Trinajstić information content (AvgIpc) is 2.86. The molecule has 0 bridgehead atoms. The highest BCUT2D eigenvalue weighted by molar-refractivity contribution is 8.00. The molecule has 0 amide bonds. The SMILES string of the molecule is Cc1c2c(c(CC(C)C)c3ccc(CC(C)C)cc13)Sc1cc3ccc(CC(C)(C)C)cc3c3cc[n+](C)c-2c13. The minimum absolute atomic E-state index is 0.265. The summed E-state index contributed by atoms with van der Waals surface area (Å²) < 4.78 is 2.38. The molecule has 1 aromatic heterocycles. The van der Waals surface area contributed by atoms with Crippen LogP contribution < -0.4 is 4.57 Å². The van der Waals surface area contributed by atoms with Crippen LogP contribution in [0, 0.1) is 24.2 Å². The summed E-state index contributed by atoms with van der Waals surface area (Å²) in [6.45, 7) is 18.7. The van der Waals surface area contributed by atoms with E-state index in [2.05, 4.69) is 122 Å². The molecule has 0 saturated carbocycles. The van der Waals surface area contributed by atoms with Crippen LogP contribution in [0.5, 0.6) is 0 Å². The fourth-order valence-electron chi connectivity index (χ4n) is 6.86. The minimum atomic E-state index is 0.265. The molecule has 206 valence electrons. The van der Waals surface area contributed by atoms with Gasteiger partial charge in [-0.3, -0.25) is 0 Å². The van der Waals surface area contributed by atoms with E-state index in [1.54, 1.807) is 0 Å². The molecular formula is C38H44NS+. The van der Waals surface area contributed by atoms with Crippen LogP contribution in [0.4, 0.5) is 0 Å². The van der Waals surface area contributed by atoms with Crippen molar-refractivity contribution in [3.63, 3.8) is 0 Å². The summed E-state index contributed by atoms with van der Waals surface area (Å²) >= 11 is 2.01. The van der Waals surface area contributed by atoms with Crippen molar-refractivity contribution in [2.75, 3.05) is 0 Å². The monoisotopic (exact) mass is 546 g/mol. The van der Waals surface area contributed by atoms with Crippen molar-refractivity contribution in [3.05, 3.63) is 77.0 Å². The Bertz CT molecular complexity index is 1800. The van der Waals surface area contributed by atoms with Gasteiger partial charge in [-0.1, -0.05) is 96.6 Å². The van der Waals surface area contributed by atoms with Crippen molar-refractivity contribution in [3.8, 4) is 11.3 Å². The van der Waals surface area contributed by atoms with E-state index in [0.29, 0.717) is 11.8 Å². The molecule has 4 aromatic carbocycles. The number of hydrogen-bond donors (Lipinski definition) is 0. The Balaban J connectivity index is 1.69. The Morgan fingerprint density at radius 2 is 1.48 bits per heavy atom. The van der Waals surface area contributed by atoms with Crippen molar-refractivity contribution >= 4 is 44.1 Å². The van der Waals surface area contributed by atoms with Gasteiger partial charge in [0.25, 0.3) is 0 Å². The Morgan fingerprint density at radius 3 is 2.17 bits per heavy atom. The summed E-state index contributed by atoms with van der Waals surface area (Å²) in [6, 6.07) is 19.3. The smallest absolute Gasteiger partial charge is 0.200 e. The highest BCUT2D eigenvalue weighted by Gasteiger charge is 2.32. The van der Waals surface area contributed by atoms with Crippen LogP contribution in [-0.4, -0.2) is 0 Å². The van der Waals surface area contributed by atoms with E-state index < -0.39 is 0 Å². The van der Waals surface area contributed by atoms with E-state index in [1.165, 1.54) is 75.6 Å². The molecule has 0 saturated heterocycles. The zero-order chi connectivity index (χ0) is 28.5. The van der Waals surface area contributed by atoms with Gasteiger partial charge in [-0.2, -0.15) is 0 Å². The first kappa shape index (κ1) is 27.3. The summed E-state index contributed by atoms with van der Waals surface area (Å²) in [5.41, 5.74) is 8.91. The lowest BCUT2D eigenvalue weighted by atomic mass is 9.85. The van der Waals surface area contributed by atoms with Gasteiger partial charge in [0, 0.05) is 21.2 Å². The minimum Gasteiger partial charge on any atom is -0.200 e. The van der Waals surface area contributed by atoms with Crippen molar-refractivity contribution in [1.82, 2.24) is 0 Å². The van der Waals surface area contributed by atoms with Gasteiger partial charge in [-0.15, -0.1) is 0 Å². The largest absolute Gasteiger partial charge is 0.222 e. The lowest BCUT2D eigenvalue weighted by molar-refractivity contribution is -0.659. The zero-order valence-electron chi connectivity index (χ0n) is 25.8. The molecule has 0 atom stereocenters. The van der Waals surface area contributed by atoms with E-state index in [4.69, 9.17) is 0 Å². The summed E-state index contributed by atoms with van der Waals surface area (Å²) in [7, 11) is 2.24. The Hall–Kier alpha value is -2.84. The molecule has 0 unspecified atom stereocenters. The first-order valence-corrected chi connectivity index (χ1v) is 15.9. The summed E-state index contributed by atoms with van der Waals surface area (Å²) in [5, 5.41) is 8.40. The first-order valence-electron chi connectivity index (χ1n) is 15.1. The van der Waals surface area contributed by atoms with Crippen molar-refractivity contribution in [2.45, 2.75) is 84.4 Å². The van der Waals surface area contributed by atoms with Gasteiger partial charge in [0.05, 0.1) is 10.9 Å². The molecule has 40 heavy (non-hydrogen) atoms. The Kier molecular flexibility index (Phi) is 6.77. The maximum atomic E-state index is 2.49. The molecule has 2 heteroatoms. The highest BCUT2D eigenvalue weighted by Crippen LogP contribution is 2.53. The van der Waals surface area contributed by atoms with Crippen LogP contribution in [0.15, 0.2) is 64.5 Å². The molecule has 1 aliphatic rings. The molecular weight excluding hydrogens is 502 g/mol. The second-order valence-electron chi connectivity index (χ2n) is 14.2. The van der Waals surface area contributed by atoms with Crippen LogP contribution in [0.2, 0.25) is 0 Å². The van der Waals surface area contributed by atoms with Crippen LogP contribution >= 0.6 is 11.8 Å². The van der Waals surface area contributed by atoms with Gasteiger partial charge in [0.1, 0.15) is 7.05 Å². The zero-order valence-corrected chi connectivity index (χ0v) is 26.6. The molecule has 1 nitrogen and oxygen atoms in total. The second-order valence-corrected chi connectivity index (χ2v) is 15.3. The summed E-state index contributed by atoms with van der Waals surface area (Å²) in [4.78, 5) is 2.86. The first-order chi connectivity index (χ1) is 18.9. The molecule has 2 heterocycles. The molecule has 0 aliphatic carbocycles. The molecule has 1 aliphatic heterocycles. The van der Waals surface area contributed by atoms with Crippen LogP contribution in [0.3, 0.4) is 0 Å². The average molecular weight is 547 g/mol. The maximum Gasteiger partial charge on any atom is 0.222 e. The van der Waals surface area contributed by atoms with Crippen molar-refractivity contribution in [2.24, 2.45) is 24.3 Å². The number of nitrogens with zero attached hydrogens (tertiary/aromatic N) is 1. The van der Waals surface area contributed by atoms with Crippen molar-refractivity contribution < 1.29 is 4.57 Å². The lowest BCUT2D eigenvalue weighted by Gasteiger charge is -2.26. The Labute approximate surface area is 245 Å².